The van der Waals surface area contributed by atoms with Gasteiger partial charge in [-0.05, 0) is 42.7 Å². The monoisotopic (exact) mass is 434 g/mol. The predicted octanol–water partition coefficient (Wildman–Crippen LogP) is 3.04. The Morgan fingerprint density at radius 3 is 2.69 bits per heavy atom. The molecule has 32 heavy (non-hydrogen) atoms. The number of ether oxygens (including phenoxy) is 2. The summed E-state index contributed by atoms with van der Waals surface area (Å²) in [5.41, 5.74) is 4.06. The highest BCUT2D eigenvalue weighted by Crippen LogP contribution is 2.35. The third-order valence-corrected chi connectivity index (χ3v) is 6.34. The third kappa shape index (κ3) is 3.73. The zero-order valence-corrected chi connectivity index (χ0v) is 18.3. The molecule has 5 rings (SSSR count). The summed E-state index contributed by atoms with van der Waals surface area (Å²) in [5, 5.41) is 0.910. The standard InChI is InChI=1S/C25H26N2O5/c1-16-7-8-19-18(13-23(28)32-24(19)17(16)2)14-27-15-22(25(29)26-9-11-30-12-10-26)31-21-6-4-3-5-20(21)27/h3-8,13,22H,9-12,14-15H2,1-2H3/t22-/m1/s1. The van der Waals surface area contributed by atoms with Gasteiger partial charge in [-0.25, -0.2) is 4.79 Å². The Balaban J connectivity index is 1.51. The molecule has 1 aromatic heterocycles. The SMILES string of the molecule is Cc1ccc2c(CN3C[C@H](C(=O)N4CCOCC4)Oc4ccccc43)cc(=O)oc2c1C. The van der Waals surface area contributed by atoms with E-state index < -0.39 is 6.10 Å². The molecule has 2 aliphatic heterocycles. The van der Waals surface area contributed by atoms with Crippen LogP contribution in [0.2, 0.25) is 0 Å². The number of para-hydroxylation sites is 2. The molecule has 7 heteroatoms. The van der Waals surface area contributed by atoms with Crippen molar-refractivity contribution in [3.05, 3.63) is 69.6 Å². The number of morpholine rings is 1. The maximum absolute atomic E-state index is 13.2. The summed E-state index contributed by atoms with van der Waals surface area (Å²) in [6.45, 7) is 7.07. The van der Waals surface area contributed by atoms with E-state index in [2.05, 4.69) is 4.90 Å². The molecule has 0 spiro atoms. The van der Waals surface area contributed by atoms with Crippen molar-refractivity contribution in [1.29, 1.82) is 0 Å². The molecule has 7 nitrogen and oxygen atoms in total. The van der Waals surface area contributed by atoms with Crippen LogP contribution in [-0.2, 0) is 16.1 Å². The average molecular weight is 434 g/mol. The van der Waals surface area contributed by atoms with Gasteiger partial charge in [0.1, 0.15) is 11.3 Å². The van der Waals surface area contributed by atoms with Gasteiger partial charge in [0.2, 0.25) is 0 Å². The minimum atomic E-state index is -0.613. The van der Waals surface area contributed by atoms with Gasteiger partial charge in [0.15, 0.2) is 6.10 Å². The molecule has 1 amide bonds. The fourth-order valence-corrected chi connectivity index (χ4v) is 4.43. The van der Waals surface area contributed by atoms with Crippen molar-refractivity contribution < 1.29 is 18.7 Å². The smallest absolute Gasteiger partial charge is 0.336 e. The van der Waals surface area contributed by atoms with Crippen LogP contribution in [0, 0.1) is 13.8 Å². The second-order valence-corrected chi connectivity index (χ2v) is 8.37. The van der Waals surface area contributed by atoms with Crippen molar-refractivity contribution in [2.75, 3.05) is 37.7 Å². The first-order valence-electron chi connectivity index (χ1n) is 10.9. The number of hydrogen-bond donors (Lipinski definition) is 0. The number of hydrogen-bond acceptors (Lipinski definition) is 6. The molecule has 3 heterocycles. The van der Waals surface area contributed by atoms with Gasteiger partial charge < -0.3 is 23.7 Å². The molecule has 2 aliphatic rings. The normalized spacial score (nSPS) is 18.4. The lowest BCUT2D eigenvalue weighted by atomic mass is 10.0. The quantitative estimate of drug-likeness (QED) is 0.590. The van der Waals surface area contributed by atoms with Gasteiger partial charge in [0, 0.05) is 31.1 Å². The Bertz CT molecular complexity index is 1230. The van der Waals surface area contributed by atoms with Crippen molar-refractivity contribution in [2.45, 2.75) is 26.5 Å². The molecule has 1 atom stereocenters. The highest BCUT2D eigenvalue weighted by molar-refractivity contribution is 5.85. The van der Waals surface area contributed by atoms with Crippen molar-refractivity contribution >= 4 is 22.6 Å². The van der Waals surface area contributed by atoms with Gasteiger partial charge in [-0.1, -0.05) is 24.3 Å². The molecule has 0 aliphatic carbocycles. The number of rotatable bonds is 3. The Morgan fingerprint density at radius 1 is 1.09 bits per heavy atom. The van der Waals surface area contributed by atoms with E-state index in [1.54, 1.807) is 11.0 Å². The van der Waals surface area contributed by atoms with Crippen LogP contribution in [0.5, 0.6) is 5.75 Å². The van der Waals surface area contributed by atoms with Gasteiger partial charge in [-0.2, -0.15) is 0 Å². The summed E-state index contributed by atoms with van der Waals surface area (Å²) >= 11 is 0. The molecular weight excluding hydrogens is 408 g/mol. The largest absolute Gasteiger partial charge is 0.477 e. The lowest BCUT2D eigenvalue weighted by molar-refractivity contribution is -0.142. The number of aryl methyl sites for hydroxylation is 2. The maximum Gasteiger partial charge on any atom is 0.336 e. The first-order chi connectivity index (χ1) is 15.5. The fraction of sp³-hybridized carbons (Fsp3) is 0.360. The van der Waals surface area contributed by atoms with Crippen LogP contribution in [0.3, 0.4) is 0 Å². The molecule has 0 bridgehead atoms. The molecule has 0 unspecified atom stereocenters. The number of anilines is 1. The maximum atomic E-state index is 13.2. The molecule has 0 N–H and O–H groups in total. The van der Waals surface area contributed by atoms with E-state index in [0.717, 1.165) is 27.8 Å². The van der Waals surface area contributed by atoms with E-state index >= 15 is 0 Å². The van der Waals surface area contributed by atoms with Crippen molar-refractivity contribution in [2.24, 2.45) is 0 Å². The minimum absolute atomic E-state index is 0.0308. The minimum Gasteiger partial charge on any atom is -0.477 e. The highest BCUT2D eigenvalue weighted by atomic mass is 16.5. The Labute approximate surface area is 186 Å². The van der Waals surface area contributed by atoms with Crippen LogP contribution in [0.4, 0.5) is 5.69 Å². The number of nitrogens with zero attached hydrogens (tertiary/aromatic N) is 2. The zero-order valence-electron chi connectivity index (χ0n) is 18.3. The van der Waals surface area contributed by atoms with E-state index in [4.69, 9.17) is 13.9 Å². The van der Waals surface area contributed by atoms with Gasteiger partial charge in [-0.3, -0.25) is 4.79 Å². The average Bonchev–Trinajstić information content (AvgIpc) is 2.81. The van der Waals surface area contributed by atoms with Crippen LogP contribution in [0.25, 0.3) is 11.0 Å². The summed E-state index contributed by atoms with van der Waals surface area (Å²) < 4.78 is 17.0. The first-order valence-corrected chi connectivity index (χ1v) is 10.9. The first kappa shape index (κ1) is 20.6. The lowest BCUT2D eigenvalue weighted by Gasteiger charge is -2.38. The second kappa shape index (κ2) is 8.31. The summed E-state index contributed by atoms with van der Waals surface area (Å²) in [6, 6.07) is 13.3. The molecule has 166 valence electrons. The molecule has 3 aromatic rings. The summed E-state index contributed by atoms with van der Waals surface area (Å²) in [5.74, 6) is 0.640. The number of carbonyl (C=O) groups is 1. The molecule has 0 saturated carbocycles. The van der Waals surface area contributed by atoms with Crippen LogP contribution < -0.4 is 15.3 Å². The van der Waals surface area contributed by atoms with Crippen molar-refractivity contribution in [3.63, 3.8) is 0 Å². The van der Waals surface area contributed by atoms with Gasteiger partial charge >= 0.3 is 5.63 Å². The highest BCUT2D eigenvalue weighted by Gasteiger charge is 2.34. The number of benzene rings is 2. The number of carbonyl (C=O) groups excluding carboxylic acids is 1. The van der Waals surface area contributed by atoms with Crippen LogP contribution >= 0.6 is 0 Å². The van der Waals surface area contributed by atoms with Gasteiger partial charge in [0.05, 0.1) is 25.4 Å². The van der Waals surface area contributed by atoms with Crippen LogP contribution in [-0.4, -0.2) is 49.8 Å². The van der Waals surface area contributed by atoms with E-state index in [-0.39, 0.29) is 11.5 Å². The zero-order chi connectivity index (χ0) is 22.2. The molecule has 1 fully saturated rings. The van der Waals surface area contributed by atoms with E-state index in [1.165, 1.54) is 0 Å². The number of fused-ring (bicyclic) bond motifs is 2. The van der Waals surface area contributed by atoms with Crippen molar-refractivity contribution in [1.82, 2.24) is 4.90 Å². The van der Waals surface area contributed by atoms with Crippen LogP contribution in [0.15, 0.2) is 51.7 Å². The fourth-order valence-electron chi connectivity index (χ4n) is 4.43. The van der Waals surface area contributed by atoms with E-state index in [9.17, 15) is 9.59 Å². The predicted molar refractivity (Wildman–Crippen MR) is 121 cm³/mol. The van der Waals surface area contributed by atoms with Crippen molar-refractivity contribution in [3.8, 4) is 5.75 Å². The van der Waals surface area contributed by atoms with E-state index in [0.29, 0.717) is 50.7 Å². The Morgan fingerprint density at radius 2 is 1.88 bits per heavy atom. The lowest BCUT2D eigenvalue weighted by Crippen LogP contribution is -2.52. The van der Waals surface area contributed by atoms with Crippen LogP contribution in [0.1, 0.15) is 16.7 Å². The summed E-state index contributed by atoms with van der Waals surface area (Å²) in [4.78, 5) is 29.4. The molecule has 2 aromatic carbocycles. The molecular formula is C25H26N2O5. The number of amides is 1. The third-order valence-electron chi connectivity index (χ3n) is 6.34. The summed E-state index contributed by atoms with van der Waals surface area (Å²) in [7, 11) is 0. The van der Waals surface area contributed by atoms with Gasteiger partial charge in [0.25, 0.3) is 5.91 Å². The van der Waals surface area contributed by atoms with Gasteiger partial charge in [-0.15, -0.1) is 0 Å². The van der Waals surface area contributed by atoms with E-state index in [1.807, 2.05) is 50.2 Å². The molecule has 0 radical (unpaired) electrons. The Kier molecular flexibility index (Phi) is 5.35. The second-order valence-electron chi connectivity index (χ2n) is 8.37. The topological polar surface area (TPSA) is 72.2 Å². The molecule has 1 saturated heterocycles. The summed E-state index contributed by atoms with van der Waals surface area (Å²) in [6.07, 6.45) is -0.613. The Hall–Kier alpha value is -3.32.